The number of aliphatic hydroxyl groups is 1. The van der Waals surface area contributed by atoms with Crippen LogP contribution in [0.2, 0.25) is 0 Å². The Morgan fingerprint density at radius 1 is 1.00 bits per heavy atom. The van der Waals surface area contributed by atoms with E-state index in [1.54, 1.807) is 4.90 Å². The lowest BCUT2D eigenvalue weighted by molar-refractivity contribution is -0.139. The monoisotopic (exact) mass is 442 g/mol. The van der Waals surface area contributed by atoms with Gasteiger partial charge in [0.05, 0.1) is 19.8 Å². The first-order chi connectivity index (χ1) is 14.6. The van der Waals surface area contributed by atoms with Crippen LogP contribution in [0.15, 0.2) is 0 Å². The van der Waals surface area contributed by atoms with Gasteiger partial charge in [-0.25, -0.2) is 4.79 Å². The second kappa shape index (κ2) is 11.2. The van der Waals surface area contributed by atoms with Crippen LogP contribution < -0.4 is 0 Å². The van der Waals surface area contributed by atoms with Crippen LogP contribution >= 0.6 is 0 Å². The first-order valence-corrected chi connectivity index (χ1v) is 11.1. The summed E-state index contributed by atoms with van der Waals surface area (Å²) in [7, 11) is 0. The van der Waals surface area contributed by atoms with Crippen LogP contribution in [0.25, 0.3) is 0 Å². The number of rotatable bonds is 13. The van der Waals surface area contributed by atoms with E-state index < -0.39 is 11.9 Å². The number of nitrogens with zero attached hydrogens (tertiary/aromatic N) is 4. The topological polar surface area (TPSA) is 103 Å². The number of hydrogen-bond donors (Lipinski definition) is 1. The predicted molar refractivity (Wildman–Crippen MR) is 114 cm³/mol. The molecule has 0 saturated carbocycles. The minimum absolute atomic E-state index is 0.0650. The van der Waals surface area contributed by atoms with Crippen LogP contribution in [0.5, 0.6) is 0 Å². The minimum Gasteiger partial charge on any atom is -0.379 e. The van der Waals surface area contributed by atoms with Crippen molar-refractivity contribution in [2.24, 2.45) is 0 Å². The molecule has 2 rings (SSSR count). The number of likely N-dealkylation sites (N-methyl/N-ethyl adjacent to an activating group) is 2. The molecular weight excluding hydrogens is 404 g/mol. The molecule has 2 aliphatic rings. The van der Waals surface area contributed by atoms with Crippen molar-refractivity contribution >= 4 is 17.8 Å². The van der Waals surface area contributed by atoms with E-state index in [0.29, 0.717) is 52.4 Å². The fraction of sp³-hybridized carbons (Fsp3) is 0.857. The highest BCUT2D eigenvalue weighted by Crippen LogP contribution is 2.25. The fourth-order valence-corrected chi connectivity index (χ4v) is 3.93. The summed E-state index contributed by atoms with van der Waals surface area (Å²) in [5, 5.41) is 10.2. The summed E-state index contributed by atoms with van der Waals surface area (Å²) in [6.45, 7) is 12.6. The Kier molecular flexibility index (Phi) is 9.23. The van der Waals surface area contributed by atoms with Crippen LogP contribution in [0.4, 0.5) is 4.79 Å². The Morgan fingerprint density at radius 2 is 1.65 bits per heavy atom. The first-order valence-electron chi connectivity index (χ1n) is 11.1. The molecule has 2 aliphatic heterocycles. The normalized spacial score (nSPS) is 21.7. The van der Waals surface area contributed by atoms with Crippen LogP contribution in [-0.4, -0.2) is 113 Å². The molecule has 0 radical (unpaired) electrons. The molecular formula is C21H38N4O6. The second-order valence-corrected chi connectivity index (χ2v) is 8.66. The van der Waals surface area contributed by atoms with E-state index in [1.807, 2.05) is 34.6 Å². The number of ether oxygens (including phenoxy) is 2. The summed E-state index contributed by atoms with van der Waals surface area (Å²) in [6, 6.07) is -0.349. The molecule has 2 fully saturated rings. The van der Waals surface area contributed by atoms with Crippen LogP contribution in [0.3, 0.4) is 0 Å². The number of urea groups is 1. The van der Waals surface area contributed by atoms with E-state index in [0.717, 1.165) is 0 Å². The highest BCUT2D eigenvalue weighted by Gasteiger charge is 2.43. The third kappa shape index (κ3) is 6.15. The van der Waals surface area contributed by atoms with Gasteiger partial charge in [0.1, 0.15) is 6.54 Å². The van der Waals surface area contributed by atoms with Crippen LogP contribution in [0.1, 0.15) is 47.5 Å². The zero-order valence-corrected chi connectivity index (χ0v) is 19.5. The van der Waals surface area contributed by atoms with Gasteiger partial charge in [-0.15, -0.1) is 0 Å². The van der Waals surface area contributed by atoms with Crippen molar-refractivity contribution in [3.8, 4) is 0 Å². The lowest BCUT2D eigenvalue weighted by Gasteiger charge is -2.33. The molecule has 10 nitrogen and oxygen atoms in total. The van der Waals surface area contributed by atoms with Crippen molar-refractivity contribution < 1.29 is 29.0 Å². The van der Waals surface area contributed by atoms with Crippen molar-refractivity contribution in [3.63, 3.8) is 0 Å². The van der Waals surface area contributed by atoms with Crippen molar-refractivity contribution in [3.05, 3.63) is 0 Å². The SMILES string of the molecule is CCN1CC(=O)N(C(C)(C)CCOCCOCCC(C)N2C(=O)CN(CC)C2O)C1=O. The average molecular weight is 443 g/mol. The zero-order valence-electron chi connectivity index (χ0n) is 19.5. The molecule has 0 aromatic rings. The molecule has 2 saturated heterocycles. The molecule has 0 aromatic carbocycles. The average Bonchev–Trinajstić information content (AvgIpc) is 3.17. The zero-order chi connectivity index (χ0) is 23.2. The minimum atomic E-state index is -0.863. The van der Waals surface area contributed by atoms with E-state index in [2.05, 4.69) is 0 Å². The summed E-state index contributed by atoms with van der Waals surface area (Å²) in [4.78, 5) is 42.7. The van der Waals surface area contributed by atoms with Gasteiger partial charge in [0.25, 0.3) is 5.91 Å². The van der Waals surface area contributed by atoms with Gasteiger partial charge < -0.3 is 24.4 Å². The third-order valence-electron chi connectivity index (χ3n) is 6.02. The number of carbonyl (C=O) groups is 3. The Morgan fingerprint density at radius 3 is 2.19 bits per heavy atom. The number of imide groups is 1. The number of amides is 4. The van der Waals surface area contributed by atoms with Crippen LogP contribution in [-0.2, 0) is 19.1 Å². The standard InChI is InChI=1S/C21H38N4O6/c1-6-22-14-17(26)24(19(22)28)16(3)8-10-30-12-13-31-11-9-21(4,5)25-18(27)15-23(7-2)20(25)29/h16,19,28H,6-15H2,1-5H3. The van der Waals surface area contributed by atoms with Crippen molar-refractivity contribution in [1.82, 2.24) is 19.6 Å². The van der Waals surface area contributed by atoms with Crippen molar-refractivity contribution in [1.29, 1.82) is 0 Å². The molecule has 0 aromatic heterocycles. The highest BCUT2D eigenvalue weighted by molar-refractivity contribution is 6.02. The van der Waals surface area contributed by atoms with Gasteiger partial charge in [-0.1, -0.05) is 6.92 Å². The number of hydrogen-bond acceptors (Lipinski definition) is 7. The molecule has 31 heavy (non-hydrogen) atoms. The molecule has 0 spiro atoms. The van der Waals surface area contributed by atoms with E-state index >= 15 is 0 Å². The number of carbonyl (C=O) groups excluding carboxylic acids is 3. The highest BCUT2D eigenvalue weighted by atomic mass is 16.5. The summed E-state index contributed by atoms with van der Waals surface area (Å²) < 4.78 is 11.2. The molecule has 0 aliphatic carbocycles. The van der Waals surface area contributed by atoms with Gasteiger partial charge >= 0.3 is 6.03 Å². The molecule has 178 valence electrons. The van der Waals surface area contributed by atoms with Gasteiger partial charge in [0, 0.05) is 37.9 Å². The maximum Gasteiger partial charge on any atom is 0.327 e. The Bertz CT molecular complexity index is 643. The molecule has 4 amide bonds. The fourth-order valence-electron chi connectivity index (χ4n) is 3.93. The molecule has 2 unspecified atom stereocenters. The Balaban J connectivity index is 1.60. The van der Waals surface area contributed by atoms with Crippen LogP contribution in [0, 0.1) is 0 Å². The first kappa shape index (κ1) is 25.5. The molecule has 1 N–H and O–H groups in total. The van der Waals surface area contributed by atoms with Gasteiger partial charge in [-0.3, -0.25) is 19.4 Å². The Hall–Kier alpha value is -1.75. The third-order valence-corrected chi connectivity index (χ3v) is 6.02. The Labute approximate surface area is 185 Å². The van der Waals surface area contributed by atoms with Gasteiger partial charge in [0.2, 0.25) is 5.91 Å². The van der Waals surface area contributed by atoms with Gasteiger partial charge in [-0.2, -0.15) is 0 Å². The summed E-state index contributed by atoms with van der Waals surface area (Å²) in [5.74, 6) is -0.234. The lowest BCUT2D eigenvalue weighted by Crippen LogP contribution is -2.49. The maximum atomic E-state index is 12.4. The molecule has 10 heteroatoms. The maximum absolute atomic E-state index is 12.4. The quantitative estimate of drug-likeness (QED) is 0.331. The van der Waals surface area contributed by atoms with E-state index in [-0.39, 0.29) is 37.0 Å². The number of aliphatic hydroxyl groups excluding tert-OH is 1. The van der Waals surface area contributed by atoms with E-state index in [1.165, 1.54) is 14.7 Å². The van der Waals surface area contributed by atoms with Crippen molar-refractivity contribution in [2.45, 2.75) is 65.4 Å². The molecule has 2 heterocycles. The summed E-state index contributed by atoms with van der Waals surface area (Å²) in [5.41, 5.74) is -0.607. The van der Waals surface area contributed by atoms with Gasteiger partial charge in [-0.05, 0) is 40.5 Å². The molecule has 0 bridgehead atoms. The lowest BCUT2D eigenvalue weighted by atomic mass is 9.99. The smallest absolute Gasteiger partial charge is 0.327 e. The van der Waals surface area contributed by atoms with E-state index in [4.69, 9.17) is 9.47 Å². The largest absolute Gasteiger partial charge is 0.379 e. The van der Waals surface area contributed by atoms with Gasteiger partial charge in [0.15, 0.2) is 6.35 Å². The summed E-state index contributed by atoms with van der Waals surface area (Å²) in [6.07, 6.45) is 0.306. The summed E-state index contributed by atoms with van der Waals surface area (Å²) >= 11 is 0. The van der Waals surface area contributed by atoms with E-state index in [9.17, 15) is 19.5 Å². The predicted octanol–water partition coefficient (Wildman–Crippen LogP) is 0.691. The second-order valence-electron chi connectivity index (χ2n) is 8.66. The van der Waals surface area contributed by atoms with Crippen molar-refractivity contribution in [2.75, 3.05) is 52.6 Å². The molecule has 2 atom stereocenters.